The Morgan fingerprint density at radius 2 is 1.73 bits per heavy atom. The SMILES string of the molecule is CCN(CC)C(=O)COc1ccc(NC(=O)CCCOc2ccc(C)cc2)cc1Cl. The molecule has 30 heavy (non-hydrogen) atoms. The van der Waals surface area contributed by atoms with Crippen molar-refractivity contribution >= 4 is 29.1 Å². The molecular formula is C23H29ClN2O4. The van der Waals surface area contributed by atoms with E-state index >= 15 is 0 Å². The van der Waals surface area contributed by atoms with E-state index in [-0.39, 0.29) is 18.4 Å². The minimum atomic E-state index is -0.121. The van der Waals surface area contributed by atoms with Crippen molar-refractivity contribution in [1.82, 2.24) is 4.90 Å². The molecule has 0 aliphatic rings. The second kappa shape index (κ2) is 12.1. The Morgan fingerprint density at radius 3 is 2.37 bits per heavy atom. The molecule has 0 saturated heterocycles. The van der Waals surface area contributed by atoms with E-state index in [1.54, 1.807) is 23.1 Å². The summed E-state index contributed by atoms with van der Waals surface area (Å²) >= 11 is 6.23. The van der Waals surface area contributed by atoms with E-state index in [2.05, 4.69) is 5.32 Å². The van der Waals surface area contributed by atoms with Crippen molar-refractivity contribution in [3.8, 4) is 11.5 Å². The van der Waals surface area contributed by atoms with Crippen molar-refractivity contribution in [2.75, 3.05) is 31.6 Å². The van der Waals surface area contributed by atoms with Crippen LogP contribution in [0.2, 0.25) is 5.02 Å². The molecule has 0 heterocycles. The van der Waals surface area contributed by atoms with Gasteiger partial charge in [-0.15, -0.1) is 0 Å². The van der Waals surface area contributed by atoms with Gasteiger partial charge in [-0.25, -0.2) is 0 Å². The van der Waals surface area contributed by atoms with Crippen LogP contribution in [0, 0.1) is 6.92 Å². The Morgan fingerprint density at radius 1 is 1.03 bits per heavy atom. The lowest BCUT2D eigenvalue weighted by atomic mass is 10.2. The molecule has 0 spiro atoms. The van der Waals surface area contributed by atoms with E-state index in [1.165, 1.54) is 5.56 Å². The van der Waals surface area contributed by atoms with Gasteiger partial charge in [0.05, 0.1) is 11.6 Å². The van der Waals surface area contributed by atoms with Crippen LogP contribution >= 0.6 is 11.6 Å². The van der Waals surface area contributed by atoms with Gasteiger partial charge in [0.15, 0.2) is 6.61 Å². The highest BCUT2D eigenvalue weighted by Crippen LogP contribution is 2.28. The van der Waals surface area contributed by atoms with Crippen molar-refractivity contribution in [2.24, 2.45) is 0 Å². The van der Waals surface area contributed by atoms with Crippen LogP contribution in [0.15, 0.2) is 42.5 Å². The average molecular weight is 433 g/mol. The van der Waals surface area contributed by atoms with Crippen LogP contribution in [-0.4, -0.2) is 43.0 Å². The van der Waals surface area contributed by atoms with Gasteiger partial charge < -0.3 is 19.7 Å². The molecule has 0 unspecified atom stereocenters. The van der Waals surface area contributed by atoms with Gasteiger partial charge in [-0.2, -0.15) is 0 Å². The summed E-state index contributed by atoms with van der Waals surface area (Å²) in [5.41, 5.74) is 1.75. The minimum absolute atomic E-state index is 0.0753. The predicted molar refractivity (Wildman–Crippen MR) is 119 cm³/mol. The number of nitrogens with one attached hydrogen (secondary N) is 1. The number of anilines is 1. The third-order valence-corrected chi connectivity index (χ3v) is 4.82. The number of hydrogen-bond acceptors (Lipinski definition) is 4. The van der Waals surface area contributed by atoms with E-state index in [0.29, 0.717) is 49.0 Å². The Hall–Kier alpha value is -2.73. The van der Waals surface area contributed by atoms with E-state index < -0.39 is 0 Å². The van der Waals surface area contributed by atoms with Gasteiger partial charge in [0.2, 0.25) is 5.91 Å². The van der Waals surface area contributed by atoms with Gasteiger partial charge in [-0.3, -0.25) is 9.59 Å². The second-order valence-electron chi connectivity index (χ2n) is 6.81. The largest absolute Gasteiger partial charge is 0.494 e. The molecule has 6 nitrogen and oxygen atoms in total. The van der Waals surface area contributed by atoms with Crippen LogP contribution in [-0.2, 0) is 9.59 Å². The lowest BCUT2D eigenvalue weighted by molar-refractivity contribution is -0.133. The number of rotatable bonds is 11. The Bertz CT molecular complexity index is 836. The van der Waals surface area contributed by atoms with Crippen LogP contribution in [0.3, 0.4) is 0 Å². The lowest BCUT2D eigenvalue weighted by Crippen LogP contribution is -2.34. The van der Waals surface area contributed by atoms with Crippen LogP contribution in [0.4, 0.5) is 5.69 Å². The summed E-state index contributed by atoms with van der Waals surface area (Å²) in [6, 6.07) is 12.8. The van der Waals surface area contributed by atoms with E-state index in [4.69, 9.17) is 21.1 Å². The zero-order chi connectivity index (χ0) is 21.9. The number of carbonyl (C=O) groups is 2. The first-order valence-electron chi connectivity index (χ1n) is 10.1. The summed E-state index contributed by atoms with van der Waals surface area (Å²) in [5, 5.41) is 3.14. The molecule has 2 aromatic carbocycles. The molecule has 7 heteroatoms. The molecule has 0 atom stereocenters. The first-order valence-corrected chi connectivity index (χ1v) is 10.5. The third kappa shape index (κ3) is 7.59. The average Bonchev–Trinajstić information content (AvgIpc) is 2.73. The van der Waals surface area contributed by atoms with E-state index in [0.717, 1.165) is 5.75 Å². The molecule has 0 aliphatic carbocycles. The third-order valence-electron chi connectivity index (χ3n) is 4.52. The summed E-state index contributed by atoms with van der Waals surface area (Å²) in [5.74, 6) is 0.981. The van der Waals surface area contributed by atoms with Crippen LogP contribution in [0.5, 0.6) is 11.5 Å². The summed E-state index contributed by atoms with van der Waals surface area (Å²) in [6.07, 6.45) is 0.933. The molecule has 0 radical (unpaired) electrons. The van der Waals surface area contributed by atoms with Gasteiger partial charge in [-0.1, -0.05) is 29.3 Å². The molecule has 0 saturated carbocycles. The van der Waals surface area contributed by atoms with Crippen LogP contribution in [0.1, 0.15) is 32.3 Å². The van der Waals surface area contributed by atoms with Crippen molar-refractivity contribution in [3.63, 3.8) is 0 Å². The lowest BCUT2D eigenvalue weighted by Gasteiger charge is -2.19. The maximum Gasteiger partial charge on any atom is 0.260 e. The Balaban J connectivity index is 1.75. The Labute approximate surface area is 183 Å². The number of benzene rings is 2. The fraction of sp³-hybridized carbons (Fsp3) is 0.391. The van der Waals surface area contributed by atoms with Crippen LogP contribution in [0.25, 0.3) is 0 Å². The molecule has 1 N–H and O–H groups in total. The summed E-state index contributed by atoms with van der Waals surface area (Å²) in [7, 11) is 0. The zero-order valence-corrected chi connectivity index (χ0v) is 18.5. The number of halogens is 1. The topological polar surface area (TPSA) is 67.9 Å². The normalized spacial score (nSPS) is 10.4. The molecule has 0 aromatic heterocycles. The number of carbonyl (C=O) groups excluding carboxylic acids is 2. The maximum absolute atomic E-state index is 12.1. The van der Waals surface area contributed by atoms with Crippen LogP contribution < -0.4 is 14.8 Å². The molecule has 2 rings (SSSR count). The molecular weight excluding hydrogens is 404 g/mol. The number of likely N-dealkylation sites (N-methyl/N-ethyl adjacent to an activating group) is 1. The van der Waals surface area contributed by atoms with Crippen molar-refractivity contribution < 1.29 is 19.1 Å². The fourth-order valence-electron chi connectivity index (χ4n) is 2.78. The van der Waals surface area contributed by atoms with Gasteiger partial charge >= 0.3 is 0 Å². The van der Waals surface area contributed by atoms with Gasteiger partial charge in [0, 0.05) is 25.2 Å². The highest BCUT2D eigenvalue weighted by Gasteiger charge is 2.12. The Kier molecular flexibility index (Phi) is 9.48. The quantitative estimate of drug-likeness (QED) is 0.523. The smallest absolute Gasteiger partial charge is 0.260 e. The molecule has 2 aromatic rings. The molecule has 0 bridgehead atoms. The van der Waals surface area contributed by atoms with Crippen molar-refractivity contribution in [3.05, 3.63) is 53.1 Å². The highest BCUT2D eigenvalue weighted by molar-refractivity contribution is 6.32. The van der Waals surface area contributed by atoms with E-state index in [1.807, 2.05) is 45.0 Å². The van der Waals surface area contributed by atoms with Gasteiger partial charge in [-0.05, 0) is 57.5 Å². The summed E-state index contributed by atoms with van der Waals surface area (Å²) in [4.78, 5) is 25.8. The maximum atomic E-state index is 12.1. The number of aryl methyl sites for hydroxylation is 1. The highest BCUT2D eigenvalue weighted by atomic mass is 35.5. The number of nitrogens with zero attached hydrogens (tertiary/aromatic N) is 1. The summed E-state index contributed by atoms with van der Waals surface area (Å²) in [6.45, 7) is 7.51. The van der Waals surface area contributed by atoms with E-state index in [9.17, 15) is 9.59 Å². The zero-order valence-electron chi connectivity index (χ0n) is 17.7. The number of hydrogen-bond donors (Lipinski definition) is 1. The first kappa shape index (κ1) is 23.5. The summed E-state index contributed by atoms with van der Waals surface area (Å²) < 4.78 is 11.1. The monoisotopic (exact) mass is 432 g/mol. The number of ether oxygens (including phenoxy) is 2. The standard InChI is InChI=1S/C23H29ClN2O4/c1-4-26(5-2)23(28)16-30-21-13-10-18(15-20(21)24)25-22(27)7-6-14-29-19-11-8-17(3)9-12-19/h8-13,15H,4-7,14,16H2,1-3H3,(H,25,27). The second-order valence-corrected chi connectivity index (χ2v) is 7.22. The molecule has 0 fully saturated rings. The molecule has 162 valence electrons. The van der Waals surface area contributed by atoms with Gasteiger partial charge in [0.1, 0.15) is 11.5 Å². The fourth-order valence-corrected chi connectivity index (χ4v) is 3.02. The van der Waals surface area contributed by atoms with Crippen molar-refractivity contribution in [1.29, 1.82) is 0 Å². The first-order chi connectivity index (χ1) is 14.4. The van der Waals surface area contributed by atoms with Crippen molar-refractivity contribution in [2.45, 2.75) is 33.6 Å². The molecule has 2 amide bonds. The predicted octanol–water partition coefficient (Wildman–Crippen LogP) is 4.69. The minimum Gasteiger partial charge on any atom is -0.494 e. The molecule has 0 aliphatic heterocycles. The van der Waals surface area contributed by atoms with Gasteiger partial charge in [0.25, 0.3) is 5.91 Å². The number of amides is 2.